The average Bonchev–Trinajstić information content (AvgIpc) is 2.36. The predicted molar refractivity (Wildman–Crippen MR) is 94.2 cm³/mol. The zero-order valence-corrected chi connectivity index (χ0v) is 15.7. The number of aliphatic hydroxyl groups is 1. The summed E-state index contributed by atoms with van der Waals surface area (Å²) in [6.45, 7) is 12.2. The maximum absolute atomic E-state index is 14.2. The van der Waals surface area contributed by atoms with Crippen LogP contribution in [0.25, 0.3) is 0 Å². The van der Waals surface area contributed by atoms with Crippen LogP contribution >= 0.6 is 0 Å². The van der Waals surface area contributed by atoms with Crippen LogP contribution < -0.4 is 5.46 Å². The summed E-state index contributed by atoms with van der Waals surface area (Å²) in [6.07, 6.45) is -0.112. The fourth-order valence-electron chi connectivity index (χ4n) is 1.80. The third-order valence-electron chi connectivity index (χ3n) is 3.95. The number of rotatable bonds is 6. The largest absolute Gasteiger partial charge is 0.460 e. The third kappa shape index (κ3) is 6.25. The molecule has 0 fully saturated rings. The van der Waals surface area contributed by atoms with Crippen molar-refractivity contribution in [1.29, 1.82) is 0 Å². The van der Waals surface area contributed by atoms with Crippen LogP contribution in [0.1, 0.15) is 54.0 Å². The highest BCUT2D eigenvalue weighted by Crippen LogP contribution is 2.24. The molecule has 24 heavy (non-hydrogen) atoms. The van der Waals surface area contributed by atoms with Crippen molar-refractivity contribution in [2.24, 2.45) is 0 Å². The lowest BCUT2D eigenvalue weighted by Gasteiger charge is -2.37. The number of halogens is 1. The molecule has 0 saturated carbocycles. The lowest BCUT2D eigenvalue weighted by molar-refractivity contribution is -0.153. The highest BCUT2D eigenvalue weighted by atomic mass is 19.1. The molecule has 4 nitrogen and oxygen atoms in total. The van der Waals surface area contributed by atoms with Crippen molar-refractivity contribution in [3.05, 3.63) is 29.6 Å². The van der Waals surface area contributed by atoms with Gasteiger partial charge in [0.25, 0.3) is 0 Å². The zero-order chi connectivity index (χ0) is 18.8. The minimum Gasteiger partial charge on any atom is -0.460 e. The van der Waals surface area contributed by atoms with E-state index in [1.807, 2.05) is 0 Å². The van der Waals surface area contributed by atoms with Crippen molar-refractivity contribution < 1.29 is 23.7 Å². The quantitative estimate of drug-likeness (QED) is 0.639. The van der Waals surface area contributed by atoms with Gasteiger partial charge in [0.2, 0.25) is 0 Å². The number of hydrogen-bond acceptors (Lipinski definition) is 4. The molecule has 1 aromatic carbocycles. The molecule has 134 valence electrons. The molecule has 0 heterocycles. The molecule has 0 atom stereocenters. The van der Waals surface area contributed by atoms with E-state index in [0.29, 0.717) is 5.46 Å². The van der Waals surface area contributed by atoms with Crippen LogP contribution in [0, 0.1) is 5.82 Å². The highest BCUT2D eigenvalue weighted by Gasteiger charge is 2.35. The molecule has 0 unspecified atom stereocenters. The minimum atomic E-state index is -1.03. The van der Waals surface area contributed by atoms with E-state index >= 15 is 0 Å². The van der Waals surface area contributed by atoms with Crippen molar-refractivity contribution >= 4 is 18.9 Å². The molecule has 0 aromatic heterocycles. The molecule has 0 amide bonds. The Balaban J connectivity index is 2.73. The molecule has 0 aliphatic heterocycles. The first kappa shape index (κ1) is 20.6. The molecule has 0 aliphatic rings. The number of esters is 1. The molecule has 1 aromatic rings. The predicted octanol–water partition coefficient (Wildman–Crippen LogP) is 2.25. The molecule has 0 spiro atoms. The van der Waals surface area contributed by atoms with E-state index < -0.39 is 28.6 Å². The summed E-state index contributed by atoms with van der Waals surface area (Å²) in [6, 6.07) is 4.62. The van der Waals surface area contributed by atoms with E-state index in [2.05, 4.69) is 0 Å². The summed E-state index contributed by atoms with van der Waals surface area (Å²) >= 11 is 0. The van der Waals surface area contributed by atoms with E-state index in [4.69, 9.17) is 9.39 Å². The monoisotopic (exact) mass is 338 g/mol. The first-order chi connectivity index (χ1) is 10.7. The van der Waals surface area contributed by atoms with Gasteiger partial charge in [0.15, 0.2) is 0 Å². The second-order valence-electron chi connectivity index (χ2n) is 8.05. The number of carbonyl (C=O) groups excluding carboxylic acids is 1. The number of benzene rings is 1. The van der Waals surface area contributed by atoms with E-state index in [9.17, 15) is 14.3 Å². The van der Waals surface area contributed by atoms with Gasteiger partial charge in [0, 0.05) is 0 Å². The first-order valence-electron chi connectivity index (χ1n) is 8.07. The molecular formula is C18H28BFO4. The number of carbonyl (C=O) groups is 1. The fourth-order valence-corrected chi connectivity index (χ4v) is 1.80. The van der Waals surface area contributed by atoms with Gasteiger partial charge in [-0.25, -0.2) is 4.39 Å². The standard InChI is InChI=1S/C18H28BFO4/c1-16(2,3)23-15(21)10-12-8-9-13(11-14(12)20)19-24-18(6,7)17(4,5)22/h8-9,11,19,22H,10H2,1-7H3. The normalized spacial score (nSPS) is 12.9. The van der Waals surface area contributed by atoms with E-state index in [1.165, 1.54) is 6.07 Å². The first-order valence-corrected chi connectivity index (χ1v) is 8.07. The summed E-state index contributed by atoms with van der Waals surface area (Å²) < 4.78 is 25.1. The number of hydrogen-bond donors (Lipinski definition) is 1. The van der Waals surface area contributed by atoms with Gasteiger partial charge in [-0.2, -0.15) is 0 Å². The van der Waals surface area contributed by atoms with Gasteiger partial charge < -0.3 is 14.5 Å². The number of ether oxygens (including phenoxy) is 1. The topological polar surface area (TPSA) is 55.8 Å². The second-order valence-corrected chi connectivity index (χ2v) is 8.05. The second kappa shape index (κ2) is 7.24. The van der Waals surface area contributed by atoms with Gasteiger partial charge in [-0.3, -0.25) is 4.79 Å². The summed E-state index contributed by atoms with van der Waals surface area (Å²) in [5.41, 5.74) is -1.47. The molecule has 0 saturated heterocycles. The van der Waals surface area contributed by atoms with Gasteiger partial charge in [-0.05, 0) is 65.6 Å². The van der Waals surface area contributed by atoms with E-state index in [-0.39, 0.29) is 19.5 Å². The maximum atomic E-state index is 14.2. The smallest absolute Gasteiger partial charge is 0.310 e. The van der Waals surface area contributed by atoms with Crippen molar-refractivity contribution in [3.63, 3.8) is 0 Å². The van der Waals surface area contributed by atoms with E-state index in [1.54, 1.807) is 60.6 Å². The molecule has 0 aliphatic carbocycles. The highest BCUT2D eigenvalue weighted by molar-refractivity contribution is 6.47. The van der Waals surface area contributed by atoms with Crippen LogP contribution in [-0.2, 0) is 20.6 Å². The molecule has 0 bridgehead atoms. The van der Waals surface area contributed by atoms with Crippen molar-refractivity contribution in [3.8, 4) is 0 Å². The van der Waals surface area contributed by atoms with Crippen molar-refractivity contribution in [1.82, 2.24) is 0 Å². The fraction of sp³-hybridized carbons (Fsp3) is 0.611. The SMILES string of the molecule is CC(C)(C)OC(=O)Cc1ccc(BOC(C)(C)C(C)(C)O)cc1F. The Bertz CT molecular complexity index is 586. The molecule has 1 rings (SSSR count). The van der Waals surface area contributed by atoms with Crippen LogP contribution in [0.5, 0.6) is 0 Å². The Labute approximate surface area is 144 Å². The zero-order valence-electron chi connectivity index (χ0n) is 15.7. The molecule has 6 heteroatoms. The Hall–Kier alpha value is -1.40. The Morgan fingerprint density at radius 3 is 2.21 bits per heavy atom. The van der Waals surface area contributed by atoms with Gasteiger partial charge >= 0.3 is 13.5 Å². The summed E-state index contributed by atoms with van der Waals surface area (Å²) in [5.74, 6) is -0.934. The Morgan fingerprint density at radius 2 is 1.75 bits per heavy atom. The molecule has 0 radical (unpaired) electrons. The van der Waals surface area contributed by atoms with Crippen LogP contribution in [-0.4, -0.2) is 35.4 Å². The maximum Gasteiger partial charge on any atom is 0.310 e. The van der Waals surface area contributed by atoms with Crippen molar-refractivity contribution in [2.75, 3.05) is 0 Å². The van der Waals surface area contributed by atoms with Gasteiger partial charge in [-0.1, -0.05) is 12.1 Å². The summed E-state index contributed by atoms with van der Waals surface area (Å²) in [7, 11) is 0.167. The van der Waals surface area contributed by atoms with Gasteiger partial charge in [0.1, 0.15) is 11.4 Å². The van der Waals surface area contributed by atoms with Crippen LogP contribution in [0.15, 0.2) is 18.2 Å². The Morgan fingerprint density at radius 1 is 1.17 bits per heavy atom. The average molecular weight is 338 g/mol. The van der Waals surface area contributed by atoms with Crippen molar-refractivity contribution in [2.45, 2.75) is 71.7 Å². The minimum absolute atomic E-state index is 0.112. The lowest BCUT2D eigenvalue weighted by atomic mass is 9.82. The van der Waals surface area contributed by atoms with Gasteiger partial charge in [0.05, 0.1) is 17.6 Å². The summed E-state index contributed by atoms with van der Waals surface area (Å²) in [4.78, 5) is 11.8. The summed E-state index contributed by atoms with van der Waals surface area (Å²) in [5, 5.41) is 10.1. The van der Waals surface area contributed by atoms with Gasteiger partial charge in [-0.15, -0.1) is 0 Å². The van der Waals surface area contributed by atoms with Crippen LogP contribution in [0.4, 0.5) is 4.39 Å². The molecular weight excluding hydrogens is 310 g/mol. The van der Waals surface area contributed by atoms with E-state index in [0.717, 1.165) is 0 Å². The third-order valence-corrected chi connectivity index (χ3v) is 3.95. The van der Waals surface area contributed by atoms with Crippen LogP contribution in [0.2, 0.25) is 0 Å². The van der Waals surface area contributed by atoms with Crippen LogP contribution in [0.3, 0.4) is 0 Å². The molecule has 1 N–H and O–H groups in total. The lowest BCUT2D eigenvalue weighted by Crippen LogP contribution is -2.49. The Kier molecular flexibility index (Phi) is 6.23.